The number of urea groups is 1. The first-order valence-corrected chi connectivity index (χ1v) is 8.27. The topological polar surface area (TPSA) is 67.4 Å². The molecule has 0 saturated carbocycles. The van der Waals surface area contributed by atoms with Gasteiger partial charge in [-0.1, -0.05) is 32.9 Å². The summed E-state index contributed by atoms with van der Waals surface area (Å²) in [5, 5.41) is 5.51. The van der Waals surface area contributed by atoms with Crippen LogP contribution < -0.4 is 10.6 Å². The smallest absolute Gasteiger partial charge is 0.319 e. The number of benzene rings is 1. The molecule has 0 aliphatic rings. The van der Waals surface area contributed by atoms with Gasteiger partial charge in [-0.25, -0.2) is 4.79 Å². The highest BCUT2D eigenvalue weighted by atomic mass is 16.6. The number of esters is 1. The quantitative estimate of drug-likeness (QED) is 0.810. The second-order valence-corrected chi connectivity index (χ2v) is 8.12. The second kappa shape index (κ2) is 7.69. The Labute approximate surface area is 145 Å². The zero-order chi connectivity index (χ0) is 18.5. The van der Waals surface area contributed by atoms with E-state index in [9.17, 15) is 9.59 Å². The number of hydrogen-bond donors (Lipinski definition) is 2. The van der Waals surface area contributed by atoms with Crippen molar-refractivity contribution in [1.82, 2.24) is 5.32 Å². The third kappa shape index (κ3) is 7.49. The molecule has 0 aromatic heterocycles. The SMILES string of the molecule is CC(CC(=O)OC(C)(C)C)NC(=O)Nc1ccc(C(C)(C)C)cc1. The average molecular weight is 334 g/mol. The van der Waals surface area contributed by atoms with Crippen LogP contribution in [0.1, 0.15) is 60.5 Å². The fourth-order valence-electron chi connectivity index (χ4n) is 2.13. The molecule has 24 heavy (non-hydrogen) atoms. The van der Waals surface area contributed by atoms with Crippen LogP contribution >= 0.6 is 0 Å². The highest BCUT2D eigenvalue weighted by Gasteiger charge is 2.19. The van der Waals surface area contributed by atoms with Crippen molar-refractivity contribution >= 4 is 17.7 Å². The summed E-state index contributed by atoms with van der Waals surface area (Å²) < 4.78 is 5.24. The van der Waals surface area contributed by atoms with Crippen LogP contribution in [0.4, 0.5) is 10.5 Å². The first-order chi connectivity index (χ1) is 10.9. The summed E-state index contributed by atoms with van der Waals surface area (Å²) in [5.74, 6) is -0.329. The average Bonchev–Trinajstić information content (AvgIpc) is 2.34. The molecule has 0 bridgehead atoms. The van der Waals surface area contributed by atoms with Crippen LogP contribution in [0.2, 0.25) is 0 Å². The van der Waals surface area contributed by atoms with Crippen LogP contribution in [-0.4, -0.2) is 23.6 Å². The van der Waals surface area contributed by atoms with E-state index in [1.54, 1.807) is 6.92 Å². The third-order valence-corrected chi connectivity index (χ3v) is 3.28. The number of rotatable bonds is 4. The Hall–Kier alpha value is -2.04. The van der Waals surface area contributed by atoms with Crippen LogP contribution in [0.15, 0.2) is 24.3 Å². The van der Waals surface area contributed by atoms with Crippen molar-refractivity contribution < 1.29 is 14.3 Å². The molecule has 2 amide bonds. The Morgan fingerprint density at radius 3 is 2.04 bits per heavy atom. The molecule has 5 nitrogen and oxygen atoms in total. The van der Waals surface area contributed by atoms with Gasteiger partial charge < -0.3 is 15.4 Å². The maximum atomic E-state index is 12.0. The van der Waals surface area contributed by atoms with Crippen LogP contribution in [0.25, 0.3) is 0 Å². The lowest BCUT2D eigenvalue weighted by Crippen LogP contribution is -2.38. The summed E-state index contributed by atoms with van der Waals surface area (Å²) in [5.41, 5.74) is 1.47. The lowest BCUT2D eigenvalue weighted by molar-refractivity contribution is -0.155. The van der Waals surface area contributed by atoms with Gasteiger partial charge in [0, 0.05) is 11.7 Å². The highest BCUT2D eigenvalue weighted by Crippen LogP contribution is 2.23. The summed E-state index contributed by atoms with van der Waals surface area (Å²) in [6.45, 7) is 13.6. The number of ether oxygens (including phenoxy) is 1. The van der Waals surface area contributed by atoms with Crippen molar-refractivity contribution in [2.24, 2.45) is 0 Å². The van der Waals surface area contributed by atoms with Crippen molar-refractivity contribution in [3.63, 3.8) is 0 Å². The first-order valence-electron chi connectivity index (χ1n) is 8.27. The zero-order valence-electron chi connectivity index (χ0n) is 15.8. The lowest BCUT2D eigenvalue weighted by Gasteiger charge is -2.21. The summed E-state index contributed by atoms with van der Waals surface area (Å²) in [4.78, 5) is 23.7. The van der Waals surface area contributed by atoms with Gasteiger partial charge in [0.1, 0.15) is 5.60 Å². The Bertz CT molecular complexity index is 566. The zero-order valence-corrected chi connectivity index (χ0v) is 15.8. The molecule has 0 aliphatic carbocycles. The molecule has 0 fully saturated rings. The fourth-order valence-corrected chi connectivity index (χ4v) is 2.13. The van der Waals surface area contributed by atoms with Crippen molar-refractivity contribution in [3.05, 3.63) is 29.8 Å². The number of nitrogens with one attached hydrogen (secondary N) is 2. The van der Waals surface area contributed by atoms with E-state index >= 15 is 0 Å². The predicted molar refractivity (Wildman–Crippen MR) is 97.2 cm³/mol. The Morgan fingerprint density at radius 1 is 1.04 bits per heavy atom. The molecule has 0 aliphatic heterocycles. The minimum absolute atomic E-state index is 0.0721. The van der Waals surface area contributed by atoms with E-state index in [0.717, 1.165) is 0 Å². The minimum atomic E-state index is -0.520. The van der Waals surface area contributed by atoms with Gasteiger partial charge in [-0.2, -0.15) is 0 Å². The number of hydrogen-bond acceptors (Lipinski definition) is 3. The van der Waals surface area contributed by atoms with Gasteiger partial charge in [-0.05, 0) is 50.8 Å². The minimum Gasteiger partial charge on any atom is -0.460 e. The van der Waals surface area contributed by atoms with E-state index in [4.69, 9.17) is 4.74 Å². The van der Waals surface area contributed by atoms with Crippen molar-refractivity contribution in [3.8, 4) is 0 Å². The maximum Gasteiger partial charge on any atom is 0.319 e. The van der Waals surface area contributed by atoms with Crippen molar-refractivity contribution in [1.29, 1.82) is 0 Å². The van der Waals surface area contributed by atoms with Crippen molar-refractivity contribution in [2.45, 2.75) is 71.9 Å². The fraction of sp³-hybridized carbons (Fsp3) is 0.579. The second-order valence-electron chi connectivity index (χ2n) is 8.12. The van der Waals surface area contributed by atoms with Crippen LogP contribution in [-0.2, 0) is 14.9 Å². The largest absolute Gasteiger partial charge is 0.460 e. The summed E-state index contributed by atoms with van der Waals surface area (Å²) >= 11 is 0. The van der Waals surface area contributed by atoms with E-state index in [1.165, 1.54) is 5.56 Å². The molecule has 1 atom stereocenters. The molecule has 1 unspecified atom stereocenters. The van der Waals surface area contributed by atoms with Crippen LogP contribution in [0.3, 0.4) is 0 Å². The standard InChI is InChI=1S/C19H30N2O3/c1-13(12-16(22)24-19(5,6)7)20-17(23)21-15-10-8-14(9-11-15)18(2,3)4/h8-11,13H,12H2,1-7H3,(H2,20,21,23). The molecule has 1 rings (SSSR count). The molecule has 0 saturated heterocycles. The molecule has 0 heterocycles. The van der Waals surface area contributed by atoms with Gasteiger partial charge in [0.05, 0.1) is 6.42 Å². The van der Waals surface area contributed by atoms with Gasteiger partial charge in [0.15, 0.2) is 0 Å². The van der Waals surface area contributed by atoms with Crippen LogP contribution in [0, 0.1) is 0 Å². The van der Waals surface area contributed by atoms with E-state index in [1.807, 2.05) is 45.0 Å². The van der Waals surface area contributed by atoms with Gasteiger partial charge in [-0.15, -0.1) is 0 Å². The molecule has 2 N–H and O–H groups in total. The van der Waals surface area contributed by atoms with Gasteiger partial charge >= 0.3 is 12.0 Å². The van der Waals surface area contributed by atoms with E-state index < -0.39 is 5.60 Å². The third-order valence-electron chi connectivity index (χ3n) is 3.28. The Kier molecular flexibility index (Phi) is 6.41. The van der Waals surface area contributed by atoms with Crippen molar-refractivity contribution in [2.75, 3.05) is 5.32 Å². The number of carbonyl (C=O) groups is 2. The number of carbonyl (C=O) groups excluding carboxylic acids is 2. The Morgan fingerprint density at radius 2 is 1.58 bits per heavy atom. The summed E-state index contributed by atoms with van der Waals surface area (Å²) in [6, 6.07) is 7.10. The molecule has 0 spiro atoms. The lowest BCUT2D eigenvalue weighted by atomic mass is 9.87. The van der Waals surface area contributed by atoms with Crippen LogP contribution in [0.5, 0.6) is 0 Å². The van der Waals surface area contributed by atoms with Gasteiger partial charge in [-0.3, -0.25) is 4.79 Å². The van der Waals surface area contributed by atoms with E-state index in [-0.39, 0.29) is 29.9 Å². The molecule has 1 aromatic rings. The molecular weight excluding hydrogens is 304 g/mol. The van der Waals surface area contributed by atoms with E-state index in [2.05, 4.69) is 31.4 Å². The Balaban J connectivity index is 2.49. The molecule has 134 valence electrons. The summed E-state index contributed by atoms with van der Waals surface area (Å²) in [7, 11) is 0. The summed E-state index contributed by atoms with van der Waals surface area (Å²) in [6.07, 6.45) is 0.133. The first kappa shape index (κ1) is 20.0. The molecular formula is C19H30N2O3. The predicted octanol–water partition coefficient (Wildman–Crippen LogP) is 4.23. The van der Waals surface area contributed by atoms with E-state index in [0.29, 0.717) is 5.69 Å². The maximum absolute atomic E-state index is 12.0. The van der Waals surface area contributed by atoms with Gasteiger partial charge in [0.2, 0.25) is 0 Å². The monoisotopic (exact) mass is 334 g/mol. The molecule has 0 radical (unpaired) electrons. The normalized spacial score (nSPS) is 13.1. The number of amides is 2. The highest BCUT2D eigenvalue weighted by molar-refractivity contribution is 5.89. The molecule has 5 heteroatoms. The van der Waals surface area contributed by atoms with Gasteiger partial charge in [0.25, 0.3) is 0 Å². The molecule has 1 aromatic carbocycles. The number of anilines is 1.